The minimum Gasteiger partial charge on any atom is -0.322 e. The molecular formula is C20H26N2O3S. The van der Waals surface area contributed by atoms with Crippen molar-refractivity contribution in [2.24, 2.45) is 0 Å². The Bertz CT molecular complexity index is 874. The third-order valence-electron chi connectivity index (χ3n) is 4.28. The lowest BCUT2D eigenvalue weighted by atomic mass is 10.1. The molecule has 0 bridgehead atoms. The van der Waals surface area contributed by atoms with Crippen molar-refractivity contribution < 1.29 is 13.2 Å². The standard InChI is InChI=1S/C20H26N2O3S/c1-5-6-13-22(4)26(24,25)18-10-8-17(9-11-18)20(23)21-19-12-7-15(2)14-16(19)3/h7-12,14H,5-6,13H2,1-4H3,(H,21,23). The summed E-state index contributed by atoms with van der Waals surface area (Å²) in [4.78, 5) is 12.6. The van der Waals surface area contributed by atoms with Gasteiger partial charge in [-0.3, -0.25) is 4.79 Å². The van der Waals surface area contributed by atoms with Crippen molar-refractivity contribution in [3.8, 4) is 0 Å². The second kappa shape index (κ2) is 8.47. The first-order chi connectivity index (χ1) is 12.3. The molecule has 0 aliphatic heterocycles. The Hall–Kier alpha value is -2.18. The third-order valence-corrected chi connectivity index (χ3v) is 6.15. The first-order valence-electron chi connectivity index (χ1n) is 8.70. The van der Waals surface area contributed by atoms with Crippen molar-refractivity contribution in [3.63, 3.8) is 0 Å². The van der Waals surface area contributed by atoms with Gasteiger partial charge in [-0.2, -0.15) is 0 Å². The molecule has 0 radical (unpaired) electrons. The molecule has 0 heterocycles. The lowest BCUT2D eigenvalue weighted by Crippen LogP contribution is -2.28. The van der Waals surface area contributed by atoms with E-state index in [4.69, 9.17) is 0 Å². The van der Waals surface area contributed by atoms with Crippen LogP contribution >= 0.6 is 0 Å². The summed E-state index contributed by atoms with van der Waals surface area (Å²) in [5.41, 5.74) is 3.27. The van der Waals surface area contributed by atoms with E-state index in [0.29, 0.717) is 12.1 Å². The predicted molar refractivity (Wildman–Crippen MR) is 105 cm³/mol. The van der Waals surface area contributed by atoms with Gasteiger partial charge in [0.25, 0.3) is 5.91 Å². The molecule has 0 aromatic heterocycles. The zero-order valence-corrected chi connectivity index (χ0v) is 16.6. The number of sulfonamides is 1. The Balaban J connectivity index is 2.14. The fourth-order valence-corrected chi connectivity index (χ4v) is 3.82. The first-order valence-corrected chi connectivity index (χ1v) is 10.1. The summed E-state index contributed by atoms with van der Waals surface area (Å²) < 4.78 is 26.4. The monoisotopic (exact) mass is 374 g/mol. The van der Waals surface area contributed by atoms with E-state index in [1.807, 2.05) is 39.0 Å². The van der Waals surface area contributed by atoms with Crippen molar-refractivity contribution in [2.75, 3.05) is 18.9 Å². The third kappa shape index (κ3) is 4.71. The molecule has 0 saturated heterocycles. The molecule has 0 atom stereocenters. The van der Waals surface area contributed by atoms with E-state index < -0.39 is 10.0 Å². The van der Waals surface area contributed by atoms with Gasteiger partial charge in [0.05, 0.1) is 4.90 Å². The van der Waals surface area contributed by atoms with Crippen LogP contribution in [0, 0.1) is 13.8 Å². The minimum absolute atomic E-state index is 0.194. The van der Waals surface area contributed by atoms with E-state index in [-0.39, 0.29) is 10.8 Å². The van der Waals surface area contributed by atoms with Crippen molar-refractivity contribution in [2.45, 2.75) is 38.5 Å². The molecule has 1 N–H and O–H groups in total. The quantitative estimate of drug-likeness (QED) is 0.797. The van der Waals surface area contributed by atoms with Crippen LogP contribution in [0.25, 0.3) is 0 Å². The highest BCUT2D eigenvalue weighted by molar-refractivity contribution is 7.89. The number of amides is 1. The van der Waals surface area contributed by atoms with Crippen molar-refractivity contribution in [1.82, 2.24) is 4.31 Å². The van der Waals surface area contributed by atoms with Gasteiger partial charge in [0, 0.05) is 24.8 Å². The first kappa shape index (κ1) is 20.1. The lowest BCUT2D eigenvalue weighted by Gasteiger charge is -2.17. The lowest BCUT2D eigenvalue weighted by molar-refractivity contribution is 0.102. The number of carbonyl (C=O) groups is 1. The Morgan fingerprint density at radius 3 is 2.31 bits per heavy atom. The summed E-state index contributed by atoms with van der Waals surface area (Å²) in [6.07, 6.45) is 1.74. The highest BCUT2D eigenvalue weighted by Crippen LogP contribution is 2.19. The molecule has 0 unspecified atom stereocenters. The largest absolute Gasteiger partial charge is 0.322 e. The van der Waals surface area contributed by atoms with Crippen LogP contribution in [0.3, 0.4) is 0 Å². The number of anilines is 1. The molecule has 2 rings (SSSR count). The van der Waals surface area contributed by atoms with Gasteiger partial charge in [-0.05, 0) is 56.2 Å². The van der Waals surface area contributed by atoms with Crippen molar-refractivity contribution in [3.05, 3.63) is 59.2 Å². The summed E-state index contributed by atoms with van der Waals surface area (Å²) in [6.45, 7) is 6.43. The van der Waals surface area contributed by atoms with Crippen molar-refractivity contribution >= 4 is 21.6 Å². The Labute approximate surface area is 156 Å². The van der Waals surface area contributed by atoms with Crippen molar-refractivity contribution in [1.29, 1.82) is 0 Å². The maximum absolute atomic E-state index is 12.5. The number of aryl methyl sites for hydroxylation is 2. The van der Waals surface area contributed by atoms with Gasteiger partial charge in [-0.25, -0.2) is 12.7 Å². The zero-order valence-electron chi connectivity index (χ0n) is 15.7. The second-order valence-electron chi connectivity index (χ2n) is 6.48. The number of benzene rings is 2. The van der Waals surface area contributed by atoms with Gasteiger partial charge >= 0.3 is 0 Å². The Morgan fingerprint density at radius 1 is 1.08 bits per heavy atom. The molecule has 140 valence electrons. The highest BCUT2D eigenvalue weighted by atomic mass is 32.2. The van der Waals surface area contributed by atoms with E-state index in [0.717, 1.165) is 29.7 Å². The molecule has 0 aliphatic rings. The number of nitrogens with zero attached hydrogens (tertiary/aromatic N) is 1. The fraction of sp³-hybridized carbons (Fsp3) is 0.350. The molecule has 6 heteroatoms. The Morgan fingerprint density at radius 2 is 1.73 bits per heavy atom. The molecule has 1 amide bonds. The zero-order chi connectivity index (χ0) is 19.3. The van der Waals surface area contributed by atoms with Crippen LogP contribution in [0.2, 0.25) is 0 Å². The smallest absolute Gasteiger partial charge is 0.255 e. The average molecular weight is 375 g/mol. The van der Waals surface area contributed by atoms with E-state index in [9.17, 15) is 13.2 Å². The van der Waals surface area contributed by atoms with Gasteiger partial charge in [0.1, 0.15) is 0 Å². The molecule has 26 heavy (non-hydrogen) atoms. The summed E-state index contributed by atoms with van der Waals surface area (Å²) in [5.74, 6) is -0.264. The van der Waals surface area contributed by atoms with Gasteiger partial charge < -0.3 is 5.32 Å². The summed E-state index contributed by atoms with van der Waals surface area (Å²) in [7, 11) is -1.95. The maximum Gasteiger partial charge on any atom is 0.255 e. The SMILES string of the molecule is CCCCN(C)S(=O)(=O)c1ccc(C(=O)Nc2ccc(C)cc2C)cc1. The van der Waals surface area contributed by atoms with E-state index in [1.54, 1.807) is 19.2 Å². The van der Waals surface area contributed by atoms with Gasteiger partial charge in [-0.15, -0.1) is 0 Å². The molecule has 2 aromatic carbocycles. The number of rotatable bonds is 7. The van der Waals surface area contributed by atoms with Gasteiger partial charge in [0.15, 0.2) is 0 Å². The van der Waals surface area contributed by atoms with Crippen LogP contribution < -0.4 is 5.32 Å². The average Bonchev–Trinajstić information content (AvgIpc) is 2.62. The number of hydrogen-bond donors (Lipinski definition) is 1. The normalized spacial score (nSPS) is 11.6. The summed E-state index contributed by atoms with van der Waals surface area (Å²) in [5, 5.41) is 2.86. The number of carbonyl (C=O) groups excluding carboxylic acids is 1. The van der Waals surface area contributed by atoms with Crippen LogP contribution in [0.4, 0.5) is 5.69 Å². The fourth-order valence-electron chi connectivity index (χ4n) is 2.61. The van der Waals surface area contributed by atoms with E-state index >= 15 is 0 Å². The highest BCUT2D eigenvalue weighted by Gasteiger charge is 2.20. The number of hydrogen-bond acceptors (Lipinski definition) is 3. The van der Waals surface area contributed by atoms with Crippen LogP contribution in [0.15, 0.2) is 47.4 Å². The van der Waals surface area contributed by atoms with Crippen LogP contribution in [-0.2, 0) is 10.0 Å². The van der Waals surface area contributed by atoms with Gasteiger partial charge in [0.2, 0.25) is 10.0 Å². The molecule has 2 aromatic rings. The molecule has 0 aliphatic carbocycles. The van der Waals surface area contributed by atoms with Crippen LogP contribution in [-0.4, -0.2) is 32.2 Å². The molecule has 0 spiro atoms. The van der Waals surface area contributed by atoms with E-state index in [2.05, 4.69) is 5.32 Å². The summed E-state index contributed by atoms with van der Waals surface area (Å²) >= 11 is 0. The van der Waals surface area contributed by atoms with Gasteiger partial charge in [-0.1, -0.05) is 31.0 Å². The van der Waals surface area contributed by atoms with Crippen LogP contribution in [0.1, 0.15) is 41.3 Å². The van der Waals surface area contributed by atoms with E-state index in [1.165, 1.54) is 16.4 Å². The maximum atomic E-state index is 12.5. The minimum atomic E-state index is -3.52. The number of nitrogens with one attached hydrogen (secondary N) is 1. The van der Waals surface area contributed by atoms with Crippen LogP contribution in [0.5, 0.6) is 0 Å². The second-order valence-corrected chi connectivity index (χ2v) is 8.52. The molecular weight excluding hydrogens is 348 g/mol. The Kier molecular flexibility index (Phi) is 6.56. The topological polar surface area (TPSA) is 66.5 Å². The predicted octanol–water partition coefficient (Wildman–Crippen LogP) is 3.98. The summed E-state index contributed by atoms with van der Waals surface area (Å²) in [6, 6.07) is 11.8. The number of unbranched alkanes of at least 4 members (excludes halogenated alkanes) is 1. The molecule has 0 saturated carbocycles. The molecule has 0 fully saturated rings. The molecule has 5 nitrogen and oxygen atoms in total.